The minimum absolute atomic E-state index is 0.000523. The van der Waals surface area contributed by atoms with Crippen LogP contribution in [-0.4, -0.2) is 55.6 Å². The van der Waals surface area contributed by atoms with Crippen molar-refractivity contribution in [3.63, 3.8) is 0 Å². The van der Waals surface area contributed by atoms with Gasteiger partial charge in [0.25, 0.3) is 10.2 Å². The van der Waals surface area contributed by atoms with Crippen molar-refractivity contribution in [1.82, 2.24) is 9.03 Å². The maximum absolute atomic E-state index is 12.2. The number of rotatable bonds is 7. The summed E-state index contributed by atoms with van der Waals surface area (Å²) >= 11 is 1.65. The molecule has 0 radical (unpaired) electrons. The van der Waals surface area contributed by atoms with Crippen LogP contribution in [-0.2, 0) is 10.2 Å². The Morgan fingerprint density at radius 3 is 2.50 bits per heavy atom. The van der Waals surface area contributed by atoms with E-state index < -0.39 is 10.2 Å². The lowest BCUT2D eigenvalue weighted by atomic mass is 10.00. The predicted octanol–water partition coefficient (Wildman–Crippen LogP) is 0.667. The average molecular weight is 296 g/mol. The van der Waals surface area contributed by atoms with Crippen molar-refractivity contribution >= 4 is 22.0 Å². The number of hydrogen-bond acceptors (Lipinski definition) is 4. The first-order chi connectivity index (χ1) is 8.53. The van der Waals surface area contributed by atoms with E-state index in [1.807, 2.05) is 13.2 Å². The van der Waals surface area contributed by atoms with Crippen LogP contribution in [0.3, 0.4) is 0 Å². The molecule has 1 aliphatic rings. The van der Waals surface area contributed by atoms with E-state index in [2.05, 4.69) is 4.72 Å². The van der Waals surface area contributed by atoms with Crippen LogP contribution in [0.2, 0.25) is 0 Å². The van der Waals surface area contributed by atoms with E-state index >= 15 is 0 Å². The molecular formula is C11H24N2O3S2. The number of hydrogen-bond donors (Lipinski definition) is 2. The number of nitrogens with one attached hydrogen (secondary N) is 1. The summed E-state index contributed by atoms with van der Waals surface area (Å²) in [6.07, 6.45) is 4.27. The molecule has 0 spiro atoms. The van der Waals surface area contributed by atoms with Gasteiger partial charge in [0, 0.05) is 31.5 Å². The Kier molecular flexibility index (Phi) is 6.94. The quantitative estimate of drug-likeness (QED) is 0.724. The van der Waals surface area contributed by atoms with Crippen LogP contribution in [0.5, 0.6) is 0 Å². The molecule has 1 atom stereocenters. The molecule has 7 heteroatoms. The minimum Gasteiger partial charge on any atom is -0.396 e. The summed E-state index contributed by atoms with van der Waals surface area (Å²) in [5.74, 6) is 1.05. The Balaban J connectivity index is 2.53. The molecule has 0 saturated carbocycles. The van der Waals surface area contributed by atoms with Gasteiger partial charge in [-0.15, -0.1) is 0 Å². The highest BCUT2D eigenvalue weighted by molar-refractivity contribution is 7.98. The summed E-state index contributed by atoms with van der Waals surface area (Å²) in [6, 6.07) is 0.000523. The van der Waals surface area contributed by atoms with Gasteiger partial charge in [0.05, 0.1) is 0 Å². The van der Waals surface area contributed by atoms with Crippen molar-refractivity contribution in [1.29, 1.82) is 0 Å². The van der Waals surface area contributed by atoms with Crippen molar-refractivity contribution < 1.29 is 13.5 Å². The van der Waals surface area contributed by atoms with E-state index in [1.54, 1.807) is 11.8 Å². The molecule has 0 aliphatic carbocycles. The lowest BCUT2D eigenvalue weighted by molar-refractivity contribution is 0.169. The first-order valence-electron chi connectivity index (χ1n) is 6.40. The number of piperidine rings is 1. The summed E-state index contributed by atoms with van der Waals surface area (Å²) in [4.78, 5) is 0. The topological polar surface area (TPSA) is 69.6 Å². The van der Waals surface area contributed by atoms with Crippen molar-refractivity contribution in [3.8, 4) is 0 Å². The zero-order valence-electron chi connectivity index (χ0n) is 11.1. The first-order valence-corrected chi connectivity index (χ1v) is 9.24. The third-order valence-corrected chi connectivity index (χ3v) is 5.76. The van der Waals surface area contributed by atoms with Gasteiger partial charge in [-0.2, -0.15) is 29.2 Å². The van der Waals surface area contributed by atoms with Gasteiger partial charge in [0.15, 0.2) is 0 Å². The molecular weight excluding hydrogens is 272 g/mol. The van der Waals surface area contributed by atoms with E-state index in [4.69, 9.17) is 5.11 Å². The highest BCUT2D eigenvalue weighted by Gasteiger charge is 2.28. The fourth-order valence-corrected chi connectivity index (χ4v) is 4.39. The van der Waals surface area contributed by atoms with Gasteiger partial charge in [0.2, 0.25) is 0 Å². The Labute approximate surface area is 115 Å². The van der Waals surface area contributed by atoms with Crippen LogP contribution in [0.1, 0.15) is 26.2 Å². The summed E-state index contributed by atoms with van der Waals surface area (Å²) in [5.41, 5.74) is 0. The number of aliphatic hydroxyl groups excluding tert-OH is 1. The van der Waals surface area contributed by atoms with Crippen LogP contribution in [0.15, 0.2) is 0 Å². The molecule has 0 bridgehead atoms. The highest BCUT2D eigenvalue weighted by Crippen LogP contribution is 2.18. The van der Waals surface area contributed by atoms with Gasteiger partial charge in [-0.25, -0.2) is 0 Å². The second kappa shape index (κ2) is 7.69. The van der Waals surface area contributed by atoms with Crippen LogP contribution < -0.4 is 4.72 Å². The van der Waals surface area contributed by atoms with E-state index in [9.17, 15) is 8.42 Å². The zero-order chi connectivity index (χ0) is 13.6. The van der Waals surface area contributed by atoms with Crippen LogP contribution >= 0.6 is 11.8 Å². The van der Waals surface area contributed by atoms with Gasteiger partial charge >= 0.3 is 0 Å². The molecule has 108 valence electrons. The Morgan fingerprint density at radius 2 is 2.06 bits per heavy atom. The monoisotopic (exact) mass is 296 g/mol. The molecule has 1 unspecified atom stereocenters. The van der Waals surface area contributed by atoms with Gasteiger partial charge < -0.3 is 5.11 Å². The van der Waals surface area contributed by atoms with Crippen LogP contribution in [0.25, 0.3) is 0 Å². The number of nitrogens with zero attached hydrogens (tertiary/aromatic N) is 1. The van der Waals surface area contributed by atoms with Crippen molar-refractivity contribution in [2.24, 2.45) is 5.92 Å². The van der Waals surface area contributed by atoms with Gasteiger partial charge in [0.1, 0.15) is 0 Å². The molecule has 5 nitrogen and oxygen atoms in total. The summed E-state index contributed by atoms with van der Waals surface area (Å²) in [6.45, 7) is 3.17. The molecule has 0 aromatic heterocycles. The van der Waals surface area contributed by atoms with E-state index in [1.165, 1.54) is 4.31 Å². The third kappa shape index (κ3) is 4.70. The average Bonchev–Trinajstić information content (AvgIpc) is 2.38. The Hall–Kier alpha value is 0.180. The second-order valence-electron chi connectivity index (χ2n) is 4.71. The molecule has 1 aliphatic heterocycles. The van der Waals surface area contributed by atoms with E-state index in [-0.39, 0.29) is 18.6 Å². The molecule has 1 heterocycles. The summed E-state index contributed by atoms with van der Waals surface area (Å²) in [7, 11) is -3.36. The molecule has 0 amide bonds. The van der Waals surface area contributed by atoms with Crippen molar-refractivity contribution in [2.75, 3.05) is 31.7 Å². The largest absolute Gasteiger partial charge is 0.396 e. The number of aliphatic hydroxyl groups is 1. The predicted molar refractivity (Wildman–Crippen MR) is 75.9 cm³/mol. The number of thioether (sulfide) groups is 1. The first kappa shape index (κ1) is 16.2. The van der Waals surface area contributed by atoms with Gasteiger partial charge in [-0.05, 0) is 31.4 Å². The zero-order valence-corrected chi connectivity index (χ0v) is 12.8. The molecule has 1 rings (SSSR count). The molecule has 1 fully saturated rings. The van der Waals surface area contributed by atoms with Gasteiger partial charge in [-0.3, -0.25) is 0 Å². The molecule has 0 aromatic rings. The fraction of sp³-hybridized carbons (Fsp3) is 1.00. The highest BCUT2D eigenvalue weighted by atomic mass is 32.2. The lowest BCUT2D eigenvalue weighted by Crippen LogP contribution is -2.49. The molecule has 0 aromatic carbocycles. The van der Waals surface area contributed by atoms with E-state index in [0.29, 0.717) is 13.1 Å². The molecule has 2 N–H and O–H groups in total. The second-order valence-corrected chi connectivity index (χ2v) is 7.32. The maximum Gasteiger partial charge on any atom is 0.279 e. The summed E-state index contributed by atoms with van der Waals surface area (Å²) in [5, 5.41) is 9.05. The van der Waals surface area contributed by atoms with E-state index in [0.717, 1.165) is 25.0 Å². The lowest BCUT2D eigenvalue weighted by Gasteiger charge is -2.31. The maximum atomic E-state index is 12.2. The fourth-order valence-electron chi connectivity index (χ4n) is 2.05. The van der Waals surface area contributed by atoms with Gasteiger partial charge in [-0.1, -0.05) is 6.92 Å². The van der Waals surface area contributed by atoms with Crippen molar-refractivity contribution in [3.05, 3.63) is 0 Å². The third-order valence-electron chi connectivity index (χ3n) is 3.35. The van der Waals surface area contributed by atoms with Crippen LogP contribution in [0.4, 0.5) is 0 Å². The molecule has 1 saturated heterocycles. The SMILES string of the molecule is CCC(CSC)NS(=O)(=O)N1CCC(CO)CC1. The van der Waals surface area contributed by atoms with Crippen LogP contribution in [0, 0.1) is 5.92 Å². The Morgan fingerprint density at radius 1 is 1.44 bits per heavy atom. The molecule has 18 heavy (non-hydrogen) atoms. The van der Waals surface area contributed by atoms with Crippen molar-refractivity contribution in [2.45, 2.75) is 32.2 Å². The minimum atomic E-state index is -3.36. The Bertz CT molecular complexity index is 327. The smallest absolute Gasteiger partial charge is 0.279 e. The standard InChI is InChI=1S/C11H24N2O3S2/c1-3-11(9-17-2)12-18(15,16)13-6-4-10(8-14)5-7-13/h10-12,14H,3-9H2,1-2H3. The summed E-state index contributed by atoms with van der Waals surface area (Å²) < 4.78 is 28.6. The normalized spacial score (nSPS) is 21.1.